The van der Waals surface area contributed by atoms with Crippen molar-refractivity contribution in [2.45, 2.75) is 51.5 Å². The molecule has 1 saturated carbocycles. The largest absolute Gasteiger partial charge is 0.327 e. The number of nitrogens with two attached hydrogens (primary N) is 1. The number of rotatable bonds is 2. The van der Waals surface area contributed by atoms with Crippen molar-refractivity contribution in [3.8, 4) is 0 Å². The Bertz CT molecular complexity index is 332. The maximum atomic E-state index is 6.26. The summed E-state index contributed by atoms with van der Waals surface area (Å²) in [5.41, 5.74) is 9.09. The van der Waals surface area contributed by atoms with E-state index < -0.39 is 0 Å². The Hall–Kier alpha value is -0.820. The SMILES string of the molecule is Cc1cccc(CC2CCCCCC2N)c1. The van der Waals surface area contributed by atoms with Crippen molar-refractivity contribution < 1.29 is 0 Å². The fourth-order valence-corrected chi connectivity index (χ4v) is 2.81. The summed E-state index contributed by atoms with van der Waals surface area (Å²) in [7, 11) is 0. The molecule has 2 unspecified atom stereocenters. The summed E-state index contributed by atoms with van der Waals surface area (Å²) in [4.78, 5) is 0. The minimum absolute atomic E-state index is 0.419. The summed E-state index contributed by atoms with van der Waals surface area (Å²) >= 11 is 0. The molecular weight excluding hydrogens is 194 g/mol. The number of hydrogen-bond donors (Lipinski definition) is 1. The van der Waals surface area contributed by atoms with Gasteiger partial charge in [-0.3, -0.25) is 0 Å². The van der Waals surface area contributed by atoms with Crippen molar-refractivity contribution in [3.05, 3.63) is 35.4 Å². The molecule has 1 aromatic rings. The molecule has 2 N–H and O–H groups in total. The van der Waals surface area contributed by atoms with Gasteiger partial charge in [0.25, 0.3) is 0 Å². The molecule has 1 aromatic carbocycles. The van der Waals surface area contributed by atoms with E-state index in [1.807, 2.05) is 0 Å². The van der Waals surface area contributed by atoms with E-state index in [1.54, 1.807) is 0 Å². The van der Waals surface area contributed by atoms with Gasteiger partial charge < -0.3 is 5.73 Å². The topological polar surface area (TPSA) is 26.0 Å². The third kappa shape index (κ3) is 3.08. The van der Waals surface area contributed by atoms with E-state index in [4.69, 9.17) is 5.73 Å². The zero-order valence-corrected chi connectivity index (χ0v) is 10.3. The van der Waals surface area contributed by atoms with E-state index in [9.17, 15) is 0 Å². The van der Waals surface area contributed by atoms with Crippen LogP contribution in [0, 0.1) is 12.8 Å². The van der Waals surface area contributed by atoms with Crippen LogP contribution < -0.4 is 5.73 Å². The summed E-state index contributed by atoms with van der Waals surface area (Å²) in [6.07, 6.45) is 7.77. The Labute approximate surface area is 99.0 Å². The second kappa shape index (κ2) is 5.49. The van der Waals surface area contributed by atoms with Gasteiger partial charge in [-0.15, -0.1) is 0 Å². The van der Waals surface area contributed by atoms with Gasteiger partial charge in [0.15, 0.2) is 0 Å². The lowest BCUT2D eigenvalue weighted by molar-refractivity contribution is 0.395. The molecule has 1 nitrogen and oxygen atoms in total. The highest BCUT2D eigenvalue weighted by Crippen LogP contribution is 2.25. The van der Waals surface area contributed by atoms with Gasteiger partial charge in [-0.1, -0.05) is 49.1 Å². The zero-order chi connectivity index (χ0) is 11.4. The normalized spacial score (nSPS) is 26.4. The monoisotopic (exact) mass is 217 g/mol. The Kier molecular flexibility index (Phi) is 4.00. The average Bonchev–Trinajstić information content (AvgIpc) is 2.45. The van der Waals surface area contributed by atoms with E-state index in [0.29, 0.717) is 12.0 Å². The maximum Gasteiger partial charge on any atom is 0.00703 e. The van der Waals surface area contributed by atoms with Crippen LogP contribution >= 0.6 is 0 Å². The lowest BCUT2D eigenvalue weighted by atomic mass is 9.88. The standard InChI is InChI=1S/C15H23N/c1-12-6-5-7-13(10-12)11-14-8-3-2-4-9-15(14)16/h5-7,10,14-15H,2-4,8-9,11,16H2,1H3. The maximum absolute atomic E-state index is 6.26. The van der Waals surface area contributed by atoms with Crippen LogP contribution in [0.15, 0.2) is 24.3 Å². The summed E-state index contributed by atoms with van der Waals surface area (Å²) < 4.78 is 0. The fourth-order valence-electron chi connectivity index (χ4n) is 2.81. The molecule has 0 heterocycles. The molecule has 1 fully saturated rings. The summed E-state index contributed by atoms with van der Waals surface area (Å²) in [6, 6.07) is 9.29. The van der Waals surface area contributed by atoms with Crippen molar-refractivity contribution in [1.82, 2.24) is 0 Å². The molecule has 1 aliphatic rings. The van der Waals surface area contributed by atoms with Crippen LogP contribution in [0.2, 0.25) is 0 Å². The van der Waals surface area contributed by atoms with Gasteiger partial charge in [-0.25, -0.2) is 0 Å². The number of hydrogen-bond acceptors (Lipinski definition) is 1. The van der Waals surface area contributed by atoms with Crippen LogP contribution in [0.1, 0.15) is 43.2 Å². The van der Waals surface area contributed by atoms with Gasteiger partial charge in [0.1, 0.15) is 0 Å². The molecule has 0 bridgehead atoms. The second-order valence-electron chi connectivity index (χ2n) is 5.26. The molecule has 16 heavy (non-hydrogen) atoms. The first-order chi connectivity index (χ1) is 7.75. The van der Waals surface area contributed by atoms with Gasteiger partial charge >= 0.3 is 0 Å². The van der Waals surface area contributed by atoms with E-state index >= 15 is 0 Å². The first-order valence-corrected chi connectivity index (χ1v) is 6.57. The first-order valence-electron chi connectivity index (χ1n) is 6.57. The van der Waals surface area contributed by atoms with Gasteiger partial charge in [-0.2, -0.15) is 0 Å². The number of aryl methyl sites for hydroxylation is 1. The fraction of sp³-hybridized carbons (Fsp3) is 0.600. The minimum Gasteiger partial charge on any atom is -0.327 e. The lowest BCUT2D eigenvalue weighted by Gasteiger charge is -2.21. The van der Waals surface area contributed by atoms with E-state index in [-0.39, 0.29) is 0 Å². The first kappa shape index (κ1) is 11.7. The Balaban J connectivity index is 2.02. The molecule has 1 aliphatic carbocycles. The molecule has 0 saturated heterocycles. The van der Waals surface area contributed by atoms with Crippen molar-refractivity contribution in [1.29, 1.82) is 0 Å². The van der Waals surface area contributed by atoms with Crippen molar-refractivity contribution in [3.63, 3.8) is 0 Å². The summed E-state index contributed by atoms with van der Waals surface area (Å²) in [5, 5.41) is 0. The van der Waals surface area contributed by atoms with Gasteiger partial charge in [0.2, 0.25) is 0 Å². The highest BCUT2D eigenvalue weighted by Gasteiger charge is 2.20. The zero-order valence-electron chi connectivity index (χ0n) is 10.3. The van der Waals surface area contributed by atoms with Gasteiger partial charge in [0.05, 0.1) is 0 Å². The Morgan fingerprint density at radius 3 is 2.81 bits per heavy atom. The molecule has 0 radical (unpaired) electrons. The Morgan fingerprint density at radius 1 is 1.19 bits per heavy atom. The molecule has 2 atom stereocenters. The molecule has 2 rings (SSSR count). The van der Waals surface area contributed by atoms with Crippen LogP contribution in [-0.2, 0) is 6.42 Å². The van der Waals surface area contributed by atoms with Crippen LogP contribution in [0.25, 0.3) is 0 Å². The Morgan fingerprint density at radius 2 is 2.00 bits per heavy atom. The van der Waals surface area contributed by atoms with Crippen LogP contribution in [0.3, 0.4) is 0 Å². The quantitative estimate of drug-likeness (QED) is 0.754. The van der Waals surface area contributed by atoms with E-state index in [1.165, 1.54) is 49.7 Å². The van der Waals surface area contributed by atoms with Crippen molar-refractivity contribution in [2.24, 2.45) is 11.7 Å². The molecule has 0 aromatic heterocycles. The minimum atomic E-state index is 0.419. The third-order valence-electron chi connectivity index (χ3n) is 3.80. The summed E-state index contributed by atoms with van der Waals surface area (Å²) in [6.45, 7) is 2.16. The lowest BCUT2D eigenvalue weighted by Crippen LogP contribution is -2.30. The van der Waals surface area contributed by atoms with Crippen LogP contribution in [-0.4, -0.2) is 6.04 Å². The molecule has 0 amide bonds. The van der Waals surface area contributed by atoms with Crippen LogP contribution in [0.5, 0.6) is 0 Å². The smallest absolute Gasteiger partial charge is 0.00703 e. The average molecular weight is 217 g/mol. The predicted octanol–water partition coefficient (Wildman–Crippen LogP) is 3.45. The molecular formula is C15H23N. The van der Waals surface area contributed by atoms with Gasteiger partial charge in [-0.05, 0) is 37.7 Å². The molecule has 88 valence electrons. The summed E-state index contributed by atoms with van der Waals surface area (Å²) in [5.74, 6) is 0.698. The van der Waals surface area contributed by atoms with Crippen molar-refractivity contribution in [2.75, 3.05) is 0 Å². The highest BCUT2D eigenvalue weighted by atomic mass is 14.6. The van der Waals surface area contributed by atoms with Crippen LogP contribution in [0.4, 0.5) is 0 Å². The van der Waals surface area contributed by atoms with Gasteiger partial charge in [0, 0.05) is 6.04 Å². The van der Waals surface area contributed by atoms with Crippen molar-refractivity contribution >= 4 is 0 Å². The second-order valence-corrected chi connectivity index (χ2v) is 5.26. The molecule has 0 spiro atoms. The molecule has 1 heteroatoms. The highest BCUT2D eigenvalue weighted by molar-refractivity contribution is 5.22. The van der Waals surface area contributed by atoms with E-state index in [0.717, 1.165) is 0 Å². The van der Waals surface area contributed by atoms with E-state index in [2.05, 4.69) is 31.2 Å². The molecule has 0 aliphatic heterocycles. The predicted molar refractivity (Wildman–Crippen MR) is 69.4 cm³/mol. The third-order valence-corrected chi connectivity index (χ3v) is 3.80. The number of benzene rings is 1.